The van der Waals surface area contributed by atoms with E-state index in [0.29, 0.717) is 16.3 Å². The topological polar surface area (TPSA) is 83.6 Å². The van der Waals surface area contributed by atoms with Gasteiger partial charge in [-0.1, -0.05) is 29.0 Å². The van der Waals surface area contributed by atoms with Gasteiger partial charge in [0, 0.05) is 23.1 Å². The summed E-state index contributed by atoms with van der Waals surface area (Å²) in [6.07, 6.45) is 3.39. The molecular formula is C23H16FN5OS. The lowest BCUT2D eigenvalue weighted by Crippen LogP contribution is -2.13. The zero-order chi connectivity index (χ0) is 21.8. The molecule has 0 spiro atoms. The third-order valence-corrected chi connectivity index (χ3v) is 5.37. The van der Waals surface area contributed by atoms with Crippen molar-refractivity contribution in [1.82, 2.24) is 14.8 Å². The van der Waals surface area contributed by atoms with E-state index >= 15 is 0 Å². The fraction of sp³-hybridized carbons (Fsp3) is 0.0435. The quantitative estimate of drug-likeness (QED) is 0.358. The number of hydrogen-bond acceptors (Lipinski definition) is 5. The minimum absolute atomic E-state index is 0.0643. The summed E-state index contributed by atoms with van der Waals surface area (Å²) < 4.78 is 15.0. The number of carbonyl (C=O) groups is 1. The fourth-order valence-electron chi connectivity index (χ4n) is 2.90. The highest BCUT2D eigenvalue weighted by molar-refractivity contribution is 7.18. The number of benzene rings is 2. The number of nitrogens with one attached hydrogen (secondary N) is 1. The average Bonchev–Trinajstić information content (AvgIpc) is 3.42. The van der Waals surface area contributed by atoms with Crippen molar-refractivity contribution in [3.8, 4) is 22.3 Å². The van der Waals surface area contributed by atoms with Crippen molar-refractivity contribution in [3.05, 3.63) is 89.5 Å². The van der Waals surface area contributed by atoms with E-state index < -0.39 is 5.91 Å². The molecule has 31 heavy (non-hydrogen) atoms. The monoisotopic (exact) mass is 429 g/mol. The number of nitriles is 1. The summed E-state index contributed by atoms with van der Waals surface area (Å²) >= 11 is 1.14. The van der Waals surface area contributed by atoms with Gasteiger partial charge in [-0.2, -0.15) is 5.26 Å². The Balaban J connectivity index is 1.54. The molecule has 1 amide bonds. The van der Waals surface area contributed by atoms with E-state index in [-0.39, 0.29) is 16.5 Å². The highest BCUT2D eigenvalue weighted by atomic mass is 32.1. The van der Waals surface area contributed by atoms with Crippen LogP contribution in [0.25, 0.3) is 22.3 Å². The number of anilines is 1. The smallest absolute Gasteiger partial charge is 0.268 e. The summed E-state index contributed by atoms with van der Waals surface area (Å²) in [4.78, 5) is 12.6. The highest BCUT2D eigenvalue weighted by Crippen LogP contribution is 2.27. The molecule has 6 nitrogen and oxygen atoms in total. The summed E-state index contributed by atoms with van der Waals surface area (Å²) in [6, 6.07) is 19.4. The predicted molar refractivity (Wildman–Crippen MR) is 118 cm³/mol. The number of hydrogen-bond donors (Lipinski definition) is 1. The minimum atomic E-state index is -0.582. The molecular weight excluding hydrogens is 413 g/mol. The van der Waals surface area contributed by atoms with Gasteiger partial charge in [0.2, 0.25) is 5.13 Å². The molecule has 4 aromatic rings. The number of halogens is 1. The van der Waals surface area contributed by atoms with Crippen LogP contribution in [0.4, 0.5) is 9.52 Å². The normalized spacial score (nSPS) is 11.2. The Morgan fingerprint density at radius 2 is 1.87 bits per heavy atom. The van der Waals surface area contributed by atoms with Crippen LogP contribution in [0.15, 0.2) is 72.4 Å². The van der Waals surface area contributed by atoms with Crippen molar-refractivity contribution in [2.24, 2.45) is 0 Å². The molecule has 0 saturated carbocycles. The second kappa shape index (κ2) is 8.73. The van der Waals surface area contributed by atoms with Crippen LogP contribution in [0.5, 0.6) is 0 Å². The van der Waals surface area contributed by atoms with Crippen LogP contribution in [0.2, 0.25) is 0 Å². The van der Waals surface area contributed by atoms with Gasteiger partial charge in [-0.05, 0) is 61.5 Å². The fourth-order valence-corrected chi connectivity index (χ4v) is 3.64. The first-order valence-electron chi connectivity index (χ1n) is 9.30. The summed E-state index contributed by atoms with van der Waals surface area (Å²) in [6.45, 7) is 2.01. The van der Waals surface area contributed by atoms with E-state index in [2.05, 4.69) is 15.5 Å². The maximum absolute atomic E-state index is 13.1. The Bertz CT molecular complexity index is 1300. The minimum Gasteiger partial charge on any atom is -0.317 e. The lowest BCUT2D eigenvalue weighted by atomic mass is 10.2. The Kier molecular flexibility index (Phi) is 5.69. The SMILES string of the molecule is Cc1ccc(-n2cccc2/C=C(/C#N)C(=O)Nc2nnc(-c3ccc(F)cc3)s2)cc1. The largest absolute Gasteiger partial charge is 0.317 e. The second-order valence-corrected chi connectivity index (χ2v) is 7.66. The van der Waals surface area contributed by atoms with Crippen molar-refractivity contribution in [3.63, 3.8) is 0 Å². The molecule has 0 radical (unpaired) electrons. The lowest BCUT2D eigenvalue weighted by molar-refractivity contribution is -0.112. The van der Waals surface area contributed by atoms with Crippen LogP contribution in [0, 0.1) is 24.1 Å². The molecule has 0 unspecified atom stereocenters. The van der Waals surface area contributed by atoms with E-state index in [4.69, 9.17) is 0 Å². The van der Waals surface area contributed by atoms with Crippen LogP contribution in [-0.4, -0.2) is 20.7 Å². The molecule has 1 N–H and O–H groups in total. The first kappa shape index (κ1) is 20.2. The second-order valence-electron chi connectivity index (χ2n) is 6.68. The summed E-state index contributed by atoms with van der Waals surface area (Å²) in [5, 5.41) is 20.9. The van der Waals surface area contributed by atoms with Crippen molar-refractivity contribution in [2.75, 3.05) is 5.32 Å². The van der Waals surface area contributed by atoms with Crippen LogP contribution in [0.1, 0.15) is 11.3 Å². The Morgan fingerprint density at radius 3 is 2.58 bits per heavy atom. The molecule has 152 valence electrons. The summed E-state index contributed by atoms with van der Waals surface area (Å²) in [7, 11) is 0. The van der Waals surface area contributed by atoms with Crippen LogP contribution in [-0.2, 0) is 4.79 Å². The van der Waals surface area contributed by atoms with E-state index in [1.54, 1.807) is 12.1 Å². The van der Waals surface area contributed by atoms with E-state index in [9.17, 15) is 14.4 Å². The van der Waals surface area contributed by atoms with Crippen LogP contribution < -0.4 is 5.32 Å². The first-order valence-corrected chi connectivity index (χ1v) is 10.1. The summed E-state index contributed by atoms with van der Waals surface area (Å²) in [5.74, 6) is -0.929. The number of rotatable bonds is 5. The zero-order valence-electron chi connectivity index (χ0n) is 16.4. The predicted octanol–water partition coefficient (Wildman–Crippen LogP) is 4.99. The van der Waals surface area contributed by atoms with Gasteiger partial charge in [0.25, 0.3) is 5.91 Å². The molecule has 0 aliphatic carbocycles. The summed E-state index contributed by atoms with van der Waals surface area (Å²) in [5.41, 5.74) is 3.38. The van der Waals surface area contributed by atoms with Crippen LogP contribution >= 0.6 is 11.3 Å². The molecule has 2 aromatic heterocycles. The molecule has 0 fully saturated rings. The maximum Gasteiger partial charge on any atom is 0.268 e. The third kappa shape index (κ3) is 4.57. The Hall–Kier alpha value is -4.09. The average molecular weight is 429 g/mol. The zero-order valence-corrected chi connectivity index (χ0v) is 17.2. The van der Waals surface area contributed by atoms with Crippen LogP contribution in [0.3, 0.4) is 0 Å². The van der Waals surface area contributed by atoms with Crippen molar-refractivity contribution in [2.45, 2.75) is 6.92 Å². The van der Waals surface area contributed by atoms with Gasteiger partial charge in [0.1, 0.15) is 22.5 Å². The molecule has 0 saturated heterocycles. The van der Waals surface area contributed by atoms with Gasteiger partial charge in [-0.25, -0.2) is 4.39 Å². The van der Waals surface area contributed by atoms with Gasteiger partial charge in [0.15, 0.2) is 0 Å². The van der Waals surface area contributed by atoms with Gasteiger partial charge in [-0.15, -0.1) is 10.2 Å². The molecule has 0 bridgehead atoms. The maximum atomic E-state index is 13.1. The third-order valence-electron chi connectivity index (χ3n) is 4.49. The van der Waals surface area contributed by atoms with Gasteiger partial charge < -0.3 is 4.57 Å². The first-order chi connectivity index (χ1) is 15.0. The number of carbonyl (C=O) groups excluding carboxylic acids is 1. The van der Waals surface area contributed by atoms with Crippen molar-refractivity contribution >= 4 is 28.5 Å². The molecule has 2 aromatic carbocycles. The number of nitrogens with zero attached hydrogens (tertiary/aromatic N) is 4. The molecule has 2 heterocycles. The molecule has 0 aliphatic rings. The van der Waals surface area contributed by atoms with Gasteiger partial charge in [0.05, 0.1) is 0 Å². The molecule has 8 heteroatoms. The lowest BCUT2D eigenvalue weighted by Gasteiger charge is -2.07. The molecule has 0 atom stereocenters. The molecule has 4 rings (SSSR count). The number of aromatic nitrogens is 3. The van der Waals surface area contributed by atoms with E-state index in [0.717, 1.165) is 22.6 Å². The van der Waals surface area contributed by atoms with Crippen molar-refractivity contribution < 1.29 is 9.18 Å². The Labute approximate surface area is 181 Å². The standard InChI is InChI=1S/C23H16FN5OS/c1-15-4-10-19(11-5-15)29-12-2-3-20(29)13-17(14-25)21(30)26-23-28-27-22(31-23)16-6-8-18(24)9-7-16/h2-13H,1H3,(H,26,28,30)/b17-13-. The van der Waals surface area contributed by atoms with Gasteiger partial charge in [-0.3, -0.25) is 10.1 Å². The van der Waals surface area contributed by atoms with E-state index in [1.807, 2.05) is 60.2 Å². The molecule has 0 aliphatic heterocycles. The van der Waals surface area contributed by atoms with E-state index in [1.165, 1.54) is 18.2 Å². The highest BCUT2D eigenvalue weighted by Gasteiger charge is 2.15. The number of aryl methyl sites for hydroxylation is 1. The Morgan fingerprint density at radius 1 is 1.13 bits per heavy atom. The number of amides is 1. The van der Waals surface area contributed by atoms with Crippen molar-refractivity contribution in [1.29, 1.82) is 5.26 Å². The van der Waals surface area contributed by atoms with Gasteiger partial charge >= 0.3 is 0 Å².